The van der Waals surface area contributed by atoms with E-state index >= 15 is 0 Å². The van der Waals surface area contributed by atoms with E-state index in [0.29, 0.717) is 0 Å². The van der Waals surface area contributed by atoms with Crippen LogP contribution in [-0.4, -0.2) is 12.0 Å². The van der Waals surface area contributed by atoms with Gasteiger partial charge in [-0.15, -0.1) is 11.3 Å². The topological polar surface area (TPSA) is 24.9 Å². The van der Waals surface area contributed by atoms with Gasteiger partial charge in [0.15, 0.2) is 5.51 Å². The van der Waals surface area contributed by atoms with Crippen molar-refractivity contribution in [3.8, 4) is 0 Å². The molecule has 0 amide bonds. The second-order valence-electron chi connectivity index (χ2n) is 1.46. The molecule has 1 N–H and O–H groups in total. The molecule has 0 aromatic carbocycles. The summed E-state index contributed by atoms with van der Waals surface area (Å²) in [5.41, 5.74) is 3.83. The first-order valence-electron chi connectivity index (χ1n) is 2.38. The Hall–Kier alpha value is -0.410. The maximum Gasteiger partial charge on any atom is 0.152 e. The molecule has 43 valence electrons. The van der Waals surface area contributed by atoms with Crippen LogP contribution in [0, 0.1) is 5.51 Å². The van der Waals surface area contributed by atoms with Gasteiger partial charge in [-0.25, -0.2) is 4.98 Å². The summed E-state index contributed by atoms with van der Waals surface area (Å²) in [5.74, 6) is 0. The number of nitrogens with zero attached hydrogens (tertiary/aromatic N) is 1. The Labute approximate surface area is 52.6 Å². The quantitative estimate of drug-likeness (QED) is 0.631. The van der Waals surface area contributed by atoms with Crippen molar-refractivity contribution >= 4 is 11.3 Å². The molecule has 0 aliphatic carbocycles. The third-order valence-corrected chi connectivity index (χ3v) is 1.38. The number of nitrogens with one attached hydrogen (secondary N) is 1. The molecule has 0 bridgehead atoms. The normalized spacial score (nSPS) is 9.62. The molecule has 2 nitrogen and oxygen atoms in total. The minimum atomic E-state index is 0.847. The SMILES string of the molecule is CNCc1cs[c]n1. The van der Waals surface area contributed by atoms with Crippen molar-refractivity contribution in [2.24, 2.45) is 0 Å². The van der Waals surface area contributed by atoms with E-state index in [1.165, 1.54) is 11.3 Å². The predicted molar refractivity (Wildman–Crippen MR) is 33.7 cm³/mol. The lowest BCUT2D eigenvalue weighted by molar-refractivity contribution is 0.797. The van der Waals surface area contributed by atoms with Crippen molar-refractivity contribution in [1.82, 2.24) is 10.3 Å². The summed E-state index contributed by atoms with van der Waals surface area (Å²) < 4.78 is 0. The second-order valence-corrected chi connectivity index (χ2v) is 2.11. The molecule has 8 heavy (non-hydrogen) atoms. The molecular weight excluding hydrogens is 120 g/mol. The minimum absolute atomic E-state index is 0.847. The smallest absolute Gasteiger partial charge is 0.152 e. The predicted octanol–water partition coefficient (Wildman–Crippen LogP) is 0.663. The van der Waals surface area contributed by atoms with Crippen molar-refractivity contribution in [2.45, 2.75) is 6.54 Å². The average molecular weight is 127 g/mol. The molecule has 0 atom stereocenters. The van der Waals surface area contributed by atoms with Gasteiger partial charge in [0.25, 0.3) is 0 Å². The van der Waals surface area contributed by atoms with Gasteiger partial charge in [0.2, 0.25) is 0 Å². The van der Waals surface area contributed by atoms with Crippen LogP contribution in [0.4, 0.5) is 0 Å². The van der Waals surface area contributed by atoms with Gasteiger partial charge in [0.05, 0.1) is 5.69 Å². The van der Waals surface area contributed by atoms with E-state index in [0.717, 1.165) is 12.2 Å². The largest absolute Gasteiger partial charge is 0.314 e. The van der Waals surface area contributed by atoms with Crippen LogP contribution >= 0.6 is 11.3 Å². The monoisotopic (exact) mass is 127 g/mol. The summed E-state index contributed by atoms with van der Waals surface area (Å²) in [4.78, 5) is 3.94. The van der Waals surface area contributed by atoms with E-state index in [9.17, 15) is 0 Å². The Morgan fingerprint density at radius 3 is 3.38 bits per heavy atom. The fourth-order valence-corrected chi connectivity index (χ4v) is 0.963. The van der Waals surface area contributed by atoms with Crippen molar-refractivity contribution < 1.29 is 0 Å². The number of thiazole rings is 1. The lowest BCUT2D eigenvalue weighted by Gasteiger charge is -1.88. The van der Waals surface area contributed by atoms with Gasteiger partial charge in [0.1, 0.15) is 0 Å². The third-order valence-electron chi connectivity index (χ3n) is 0.795. The zero-order valence-electron chi connectivity index (χ0n) is 4.64. The summed E-state index contributed by atoms with van der Waals surface area (Å²) in [6.45, 7) is 0.847. The van der Waals surface area contributed by atoms with Crippen molar-refractivity contribution in [3.05, 3.63) is 16.6 Å². The molecule has 1 radical (unpaired) electrons. The molecule has 0 unspecified atom stereocenters. The molecular formula is C5H7N2S. The summed E-state index contributed by atoms with van der Waals surface area (Å²) >= 11 is 1.50. The molecule has 0 aliphatic heterocycles. The van der Waals surface area contributed by atoms with Crippen molar-refractivity contribution in [3.63, 3.8) is 0 Å². The molecule has 1 aromatic rings. The lowest BCUT2D eigenvalue weighted by atomic mass is 10.5. The van der Waals surface area contributed by atoms with E-state index in [2.05, 4.69) is 15.8 Å². The van der Waals surface area contributed by atoms with Gasteiger partial charge >= 0.3 is 0 Å². The van der Waals surface area contributed by atoms with Crippen LogP contribution in [0.2, 0.25) is 0 Å². The highest BCUT2D eigenvalue weighted by Gasteiger charge is 1.88. The van der Waals surface area contributed by atoms with E-state index < -0.39 is 0 Å². The Morgan fingerprint density at radius 2 is 2.88 bits per heavy atom. The number of hydrogen-bond acceptors (Lipinski definition) is 3. The molecule has 1 aromatic heterocycles. The molecule has 0 spiro atoms. The molecule has 3 heteroatoms. The van der Waals surface area contributed by atoms with E-state index in [1.54, 1.807) is 0 Å². The number of aromatic nitrogens is 1. The van der Waals surface area contributed by atoms with E-state index in [1.807, 2.05) is 12.4 Å². The highest BCUT2D eigenvalue weighted by atomic mass is 32.1. The average Bonchev–Trinajstić information content (AvgIpc) is 2.19. The molecule has 0 saturated heterocycles. The first-order chi connectivity index (χ1) is 3.93. The summed E-state index contributed by atoms with van der Waals surface area (Å²) in [7, 11) is 1.90. The lowest BCUT2D eigenvalue weighted by Crippen LogP contribution is -2.04. The molecule has 0 saturated carbocycles. The molecule has 0 fully saturated rings. The van der Waals surface area contributed by atoms with Crippen molar-refractivity contribution in [1.29, 1.82) is 0 Å². The first-order valence-corrected chi connectivity index (χ1v) is 3.26. The van der Waals surface area contributed by atoms with Gasteiger partial charge in [0, 0.05) is 11.9 Å². The Balaban J connectivity index is 2.50. The fourth-order valence-electron chi connectivity index (χ4n) is 0.468. The standard InChI is InChI=1S/C5H7N2S/c1-6-2-5-3-8-4-7-5/h3,6H,2H2,1H3. The van der Waals surface area contributed by atoms with Gasteiger partial charge in [-0.1, -0.05) is 0 Å². The van der Waals surface area contributed by atoms with Gasteiger partial charge in [-0.05, 0) is 7.05 Å². The zero-order valence-corrected chi connectivity index (χ0v) is 5.46. The number of hydrogen-bond donors (Lipinski definition) is 1. The minimum Gasteiger partial charge on any atom is -0.314 e. The van der Waals surface area contributed by atoms with E-state index in [4.69, 9.17) is 0 Å². The first kappa shape index (κ1) is 5.72. The second kappa shape index (κ2) is 2.79. The van der Waals surface area contributed by atoms with Crippen LogP contribution < -0.4 is 5.32 Å². The van der Waals surface area contributed by atoms with Crippen molar-refractivity contribution in [2.75, 3.05) is 7.05 Å². The highest BCUT2D eigenvalue weighted by molar-refractivity contribution is 7.07. The Bertz CT molecular complexity index is 136. The Morgan fingerprint density at radius 1 is 2.00 bits per heavy atom. The van der Waals surface area contributed by atoms with Crippen LogP contribution in [0.3, 0.4) is 0 Å². The summed E-state index contributed by atoms with van der Waals surface area (Å²) in [6.07, 6.45) is 0. The zero-order chi connectivity index (χ0) is 5.82. The van der Waals surface area contributed by atoms with Gasteiger partial charge < -0.3 is 5.32 Å². The van der Waals surface area contributed by atoms with Gasteiger partial charge in [-0.3, -0.25) is 0 Å². The van der Waals surface area contributed by atoms with Crippen LogP contribution in [0.15, 0.2) is 5.38 Å². The maximum atomic E-state index is 3.94. The molecule has 1 heterocycles. The molecule has 1 rings (SSSR count). The van der Waals surface area contributed by atoms with Gasteiger partial charge in [-0.2, -0.15) is 0 Å². The van der Waals surface area contributed by atoms with Crippen LogP contribution in [0.25, 0.3) is 0 Å². The summed E-state index contributed by atoms with van der Waals surface area (Å²) in [5, 5.41) is 4.98. The fraction of sp³-hybridized carbons (Fsp3) is 0.400. The Kier molecular flexibility index (Phi) is 2.00. The third kappa shape index (κ3) is 1.28. The molecule has 0 aliphatic rings. The van der Waals surface area contributed by atoms with Crippen LogP contribution in [0.1, 0.15) is 5.69 Å². The maximum absolute atomic E-state index is 3.94. The van der Waals surface area contributed by atoms with Crippen LogP contribution in [-0.2, 0) is 6.54 Å². The highest BCUT2D eigenvalue weighted by Crippen LogP contribution is 1.97. The summed E-state index contributed by atoms with van der Waals surface area (Å²) in [6, 6.07) is 0. The van der Waals surface area contributed by atoms with Crippen LogP contribution in [0.5, 0.6) is 0 Å². The number of rotatable bonds is 2. The van der Waals surface area contributed by atoms with E-state index in [-0.39, 0.29) is 0 Å².